The molecular weight excluding hydrogens is 262 g/mol. The molecule has 0 saturated heterocycles. The summed E-state index contributed by atoms with van der Waals surface area (Å²) >= 11 is 4.69. The Labute approximate surface area is 94.3 Å². The molecule has 0 saturated carbocycles. The molecule has 1 heterocycles. The van der Waals surface area contributed by atoms with Gasteiger partial charge in [0.2, 0.25) is 0 Å². The number of hydrogen-bond acceptors (Lipinski definition) is 2. The number of rotatable bonds is 3. The monoisotopic (exact) mass is 271 g/mol. The van der Waals surface area contributed by atoms with Gasteiger partial charge >= 0.3 is 4.87 Å². The Balaban J connectivity index is 2.51. The smallest absolute Gasteiger partial charge is 0.299 e. The molecule has 0 amide bonds. The summed E-state index contributed by atoms with van der Waals surface area (Å²) in [6.45, 7) is 0.800. The number of para-hydroxylation sites is 1. The van der Waals surface area contributed by atoms with E-state index >= 15 is 0 Å². The van der Waals surface area contributed by atoms with Crippen molar-refractivity contribution in [2.45, 2.75) is 13.0 Å². The quantitative estimate of drug-likeness (QED) is 0.787. The Hall–Kier alpha value is -0.610. The number of hydrogen-bond donors (Lipinski definition) is 0. The molecule has 2 rings (SSSR count). The fraction of sp³-hybridized carbons (Fsp3) is 0.300. The summed E-state index contributed by atoms with van der Waals surface area (Å²) in [5, 5.41) is 0.934. The van der Waals surface area contributed by atoms with Crippen molar-refractivity contribution in [1.29, 1.82) is 0 Å². The average Bonchev–Trinajstić information content (AvgIpc) is 2.51. The number of thiazole rings is 1. The van der Waals surface area contributed by atoms with Crippen LogP contribution in [0.4, 0.5) is 0 Å². The Bertz CT molecular complexity index is 488. The number of aryl methyl sites for hydroxylation is 1. The normalized spacial score (nSPS) is 10.9. The van der Waals surface area contributed by atoms with Crippen LogP contribution < -0.4 is 4.87 Å². The third kappa shape index (κ3) is 1.77. The Morgan fingerprint density at radius 1 is 1.36 bits per heavy atom. The fourth-order valence-corrected chi connectivity index (χ4v) is 2.61. The summed E-state index contributed by atoms with van der Waals surface area (Å²) < 4.78 is 2.92. The Morgan fingerprint density at radius 3 is 2.93 bits per heavy atom. The van der Waals surface area contributed by atoms with Gasteiger partial charge in [0, 0.05) is 11.9 Å². The Kier molecular flexibility index (Phi) is 3.03. The van der Waals surface area contributed by atoms with Gasteiger partial charge in [0.25, 0.3) is 0 Å². The zero-order chi connectivity index (χ0) is 9.97. The highest BCUT2D eigenvalue weighted by molar-refractivity contribution is 9.09. The molecule has 0 atom stereocenters. The molecule has 2 aromatic rings. The Morgan fingerprint density at radius 2 is 2.14 bits per heavy atom. The second-order valence-corrected chi connectivity index (χ2v) is 4.82. The molecule has 0 aliphatic heterocycles. The molecule has 4 heteroatoms. The largest absolute Gasteiger partial charge is 0.308 e. The predicted octanol–water partition coefficient (Wildman–Crippen LogP) is 2.85. The van der Waals surface area contributed by atoms with E-state index in [1.165, 1.54) is 11.3 Å². The van der Waals surface area contributed by atoms with Crippen molar-refractivity contribution in [2.75, 3.05) is 5.33 Å². The highest BCUT2D eigenvalue weighted by Crippen LogP contribution is 2.16. The second-order valence-electron chi connectivity index (χ2n) is 3.03. The van der Waals surface area contributed by atoms with E-state index in [1.807, 2.05) is 28.8 Å². The van der Waals surface area contributed by atoms with E-state index in [0.29, 0.717) is 0 Å². The first-order valence-corrected chi connectivity index (χ1v) is 6.41. The summed E-state index contributed by atoms with van der Waals surface area (Å²) in [5.74, 6) is 0. The molecule has 0 radical (unpaired) electrons. The van der Waals surface area contributed by atoms with Crippen molar-refractivity contribution >= 4 is 37.5 Å². The molecule has 0 fully saturated rings. The summed E-state index contributed by atoms with van der Waals surface area (Å²) in [4.78, 5) is 11.8. The van der Waals surface area contributed by atoms with E-state index in [4.69, 9.17) is 0 Å². The van der Waals surface area contributed by atoms with Crippen LogP contribution in [0.1, 0.15) is 6.42 Å². The fourth-order valence-electron chi connectivity index (χ4n) is 1.44. The molecule has 0 unspecified atom stereocenters. The number of nitrogens with zero attached hydrogens (tertiary/aromatic N) is 1. The predicted molar refractivity (Wildman–Crippen MR) is 64.5 cm³/mol. The maximum atomic E-state index is 11.6. The topological polar surface area (TPSA) is 22.0 Å². The second kappa shape index (κ2) is 4.28. The van der Waals surface area contributed by atoms with Crippen molar-refractivity contribution < 1.29 is 0 Å². The maximum Gasteiger partial charge on any atom is 0.308 e. The third-order valence-electron chi connectivity index (χ3n) is 2.09. The molecule has 0 spiro atoms. The van der Waals surface area contributed by atoms with Crippen LogP contribution in [0.5, 0.6) is 0 Å². The van der Waals surface area contributed by atoms with Crippen LogP contribution in [0.3, 0.4) is 0 Å². The van der Waals surface area contributed by atoms with Gasteiger partial charge in [-0.05, 0) is 18.6 Å². The first-order valence-electron chi connectivity index (χ1n) is 4.47. The molecule has 2 nitrogen and oxygen atoms in total. The van der Waals surface area contributed by atoms with Gasteiger partial charge in [0.15, 0.2) is 0 Å². The number of benzene rings is 1. The van der Waals surface area contributed by atoms with Crippen molar-refractivity contribution in [3.05, 3.63) is 33.9 Å². The van der Waals surface area contributed by atoms with Gasteiger partial charge in [-0.1, -0.05) is 39.4 Å². The minimum Gasteiger partial charge on any atom is -0.299 e. The van der Waals surface area contributed by atoms with Crippen LogP contribution in [0.25, 0.3) is 10.2 Å². The van der Waals surface area contributed by atoms with Crippen LogP contribution >= 0.6 is 27.3 Å². The highest BCUT2D eigenvalue weighted by atomic mass is 79.9. The molecule has 1 aromatic heterocycles. The van der Waals surface area contributed by atoms with E-state index in [0.717, 1.165) is 28.5 Å². The van der Waals surface area contributed by atoms with Gasteiger partial charge in [0.05, 0.1) is 10.2 Å². The molecule has 0 N–H and O–H groups in total. The van der Waals surface area contributed by atoms with Crippen LogP contribution in [0.15, 0.2) is 29.1 Å². The lowest BCUT2D eigenvalue weighted by Gasteiger charge is -2.00. The molecular formula is C10H10BrNOS. The van der Waals surface area contributed by atoms with Gasteiger partial charge < -0.3 is 0 Å². The van der Waals surface area contributed by atoms with Crippen LogP contribution in [0.2, 0.25) is 0 Å². The lowest BCUT2D eigenvalue weighted by Crippen LogP contribution is -2.12. The van der Waals surface area contributed by atoms with E-state index in [2.05, 4.69) is 15.9 Å². The lowest BCUT2D eigenvalue weighted by molar-refractivity contribution is 0.698. The van der Waals surface area contributed by atoms with Crippen molar-refractivity contribution in [2.24, 2.45) is 0 Å². The lowest BCUT2D eigenvalue weighted by atomic mass is 10.3. The highest BCUT2D eigenvalue weighted by Gasteiger charge is 2.04. The van der Waals surface area contributed by atoms with Crippen molar-refractivity contribution in [1.82, 2.24) is 4.57 Å². The summed E-state index contributed by atoms with van der Waals surface area (Å²) in [6.07, 6.45) is 0.987. The minimum absolute atomic E-state index is 0.146. The van der Waals surface area contributed by atoms with Crippen LogP contribution in [-0.2, 0) is 6.54 Å². The molecule has 14 heavy (non-hydrogen) atoms. The van der Waals surface area contributed by atoms with E-state index < -0.39 is 0 Å². The van der Waals surface area contributed by atoms with E-state index in [9.17, 15) is 4.79 Å². The van der Waals surface area contributed by atoms with E-state index in [1.54, 1.807) is 0 Å². The summed E-state index contributed by atoms with van der Waals surface area (Å²) in [5.41, 5.74) is 1.06. The van der Waals surface area contributed by atoms with Crippen LogP contribution in [0, 0.1) is 0 Å². The standard InChI is InChI=1S/C10H10BrNOS/c11-6-3-7-12-8-4-1-2-5-9(8)14-10(12)13/h1-2,4-5H,3,6-7H2. The minimum atomic E-state index is 0.146. The van der Waals surface area contributed by atoms with Gasteiger partial charge in [-0.15, -0.1) is 0 Å². The summed E-state index contributed by atoms with van der Waals surface area (Å²) in [7, 11) is 0. The maximum absolute atomic E-state index is 11.6. The number of fused-ring (bicyclic) bond motifs is 1. The van der Waals surface area contributed by atoms with Gasteiger partial charge in [0.1, 0.15) is 0 Å². The number of alkyl halides is 1. The molecule has 1 aromatic carbocycles. The van der Waals surface area contributed by atoms with Crippen LogP contribution in [-0.4, -0.2) is 9.90 Å². The third-order valence-corrected chi connectivity index (χ3v) is 3.61. The SMILES string of the molecule is O=c1sc2ccccc2n1CCCBr. The first kappa shape index (κ1) is 9.93. The molecule has 0 bridgehead atoms. The van der Waals surface area contributed by atoms with Crippen molar-refractivity contribution in [3.63, 3.8) is 0 Å². The molecule has 0 aliphatic rings. The molecule has 0 aliphatic carbocycles. The number of halogens is 1. The van der Waals surface area contributed by atoms with E-state index in [-0.39, 0.29) is 4.87 Å². The van der Waals surface area contributed by atoms with Gasteiger partial charge in [-0.25, -0.2) is 0 Å². The van der Waals surface area contributed by atoms with Crippen molar-refractivity contribution in [3.8, 4) is 0 Å². The number of aromatic nitrogens is 1. The van der Waals surface area contributed by atoms with Gasteiger partial charge in [-0.3, -0.25) is 9.36 Å². The first-order chi connectivity index (χ1) is 6.83. The molecule has 74 valence electrons. The zero-order valence-corrected chi connectivity index (χ0v) is 9.97. The van der Waals surface area contributed by atoms with Gasteiger partial charge in [-0.2, -0.15) is 0 Å². The average molecular weight is 272 g/mol. The zero-order valence-electron chi connectivity index (χ0n) is 7.57. The summed E-state index contributed by atoms with van der Waals surface area (Å²) in [6, 6.07) is 7.93.